The molecule has 0 radical (unpaired) electrons. The van der Waals surface area contributed by atoms with Gasteiger partial charge in [-0.3, -0.25) is 20.4 Å². The lowest BCUT2D eigenvalue weighted by molar-refractivity contribution is -0.117. The minimum Gasteiger partial charge on any atom is -0.491 e. The van der Waals surface area contributed by atoms with Crippen LogP contribution in [-0.2, 0) is 11.2 Å². The fourth-order valence-electron chi connectivity index (χ4n) is 2.44. The monoisotopic (exact) mass is 402 g/mol. The van der Waals surface area contributed by atoms with E-state index in [1.54, 1.807) is 30.3 Å². The third kappa shape index (κ3) is 5.76. The van der Waals surface area contributed by atoms with Crippen molar-refractivity contribution in [1.29, 1.82) is 0 Å². The molecule has 2 amide bonds. The van der Waals surface area contributed by atoms with Gasteiger partial charge in [-0.1, -0.05) is 30.7 Å². The third-order valence-corrected chi connectivity index (χ3v) is 4.17. The molecule has 0 aromatic heterocycles. The molecule has 0 aliphatic carbocycles. The molecule has 0 saturated heterocycles. The van der Waals surface area contributed by atoms with Crippen LogP contribution in [0.3, 0.4) is 0 Å². The third-order valence-electron chi connectivity index (χ3n) is 3.89. The summed E-state index contributed by atoms with van der Waals surface area (Å²) >= 11 is 6.18. The van der Waals surface area contributed by atoms with E-state index in [-0.39, 0.29) is 0 Å². The summed E-state index contributed by atoms with van der Waals surface area (Å²) in [7, 11) is 1.51. The average Bonchev–Trinajstić information content (AvgIpc) is 2.70. The Morgan fingerprint density at radius 3 is 2.43 bits per heavy atom. The highest BCUT2D eigenvalue weighted by atomic mass is 35.5. The van der Waals surface area contributed by atoms with Crippen molar-refractivity contribution in [3.63, 3.8) is 0 Å². The summed E-state index contributed by atoms with van der Waals surface area (Å²) in [6.07, 6.45) is 3.74. The number of carbonyl (C=O) groups is 2. The predicted molar refractivity (Wildman–Crippen MR) is 110 cm³/mol. The van der Waals surface area contributed by atoms with Crippen LogP contribution in [-0.4, -0.2) is 25.5 Å². The van der Waals surface area contributed by atoms with E-state index in [1.165, 1.54) is 13.2 Å². The van der Waals surface area contributed by atoms with Crippen LogP contribution in [0.5, 0.6) is 11.5 Å². The Hall–Kier alpha value is -2.99. The molecular weight excluding hydrogens is 380 g/mol. The van der Waals surface area contributed by atoms with Crippen molar-refractivity contribution in [2.45, 2.75) is 20.3 Å². The van der Waals surface area contributed by atoms with E-state index in [0.29, 0.717) is 34.3 Å². The van der Waals surface area contributed by atoms with Gasteiger partial charge in [0.2, 0.25) is 0 Å². The first-order valence-electron chi connectivity index (χ1n) is 8.86. The number of hydrogen-bond donors (Lipinski definition) is 2. The maximum atomic E-state index is 12.1. The van der Waals surface area contributed by atoms with Gasteiger partial charge in [0.05, 0.1) is 18.7 Å². The highest BCUT2D eigenvalue weighted by molar-refractivity contribution is 6.32. The zero-order valence-electron chi connectivity index (χ0n) is 16.0. The number of hydrazine groups is 1. The van der Waals surface area contributed by atoms with Gasteiger partial charge in [-0.25, -0.2) is 0 Å². The van der Waals surface area contributed by atoms with E-state index >= 15 is 0 Å². The molecule has 0 saturated carbocycles. The summed E-state index contributed by atoms with van der Waals surface area (Å²) in [5, 5.41) is 0.373. The summed E-state index contributed by atoms with van der Waals surface area (Å²) in [6, 6.07) is 10.5. The van der Waals surface area contributed by atoms with Gasteiger partial charge in [0, 0.05) is 11.6 Å². The first-order chi connectivity index (χ1) is 13.5. The van der Waals surface area contributed by atoms with E-state index in [2.05, 4.69) is 10.9 Å². The zero-order valence-corrected chi connectivity index (χ0v) is 16.8. The Labute approximate surface area is 169 Å². The minimum atomic E-state index is -0.483. The summed E-state index contributed by atoms with van der Waals surface area (Å²) in [5.41, 5.74) is 6.97. The average molecular weight is 403 g/mol. The molecule has 2 aromatic carbocycles. The topological polar surface area (TPSA) is 76.7 Å². The molecule has 2 aromatic rings. The van der Waals surface area contributed by atoms with Crippen molar-refractivity contribution in [3.8, 4) is 11.5 Å². The van der Waals surface area contributed by atoms with Gasteiger partial charge in [-0.15, -0.1) is 0 Å². The Kier molecular flexibility index (Phi) is 7.89. The van der Waals surface area contributed by atoms with Crippen LogP contribution < -0.4 is 20.3 Å². The van der Waals surface area contributed by atoms with Gasteiger partial charge in [0.15, 0.2) is 11.5 Å². The van der Waals surface area contributed by atoms with Crippen LogP contribution in [0.1, 0.15) is 35.3 Å². The second kappa shape index (κ2) is 10.4. The molecule has 148 valence electrons. The maximum Gasteiger partial charge on any atom is 0.269 e. The lowest BCUT2D eigenvalue weighted by Gasteiger charge is -2.11. The summed E-state index contributed by atoms with van der Waals surface area (Å²) in [5.74, 6) is 0.0480. The molecule has 0 aliphatic rings. The van der Waals surface area contributed by atoms with E-state index in [9.17, 15) is 9.59 Å². The van der Waals surface area contributed by atoms with Crippen LogP contribution in [0.4, 0.5) is 0 Å². The second-order valence-corrected chi connectivity index (χ2v) is 6.20. The second-order valence-electron chi connectivity index (χ2n) is 5.79. The molecule has 2 rings (SSSR count). The van der Waals surface area contributed by atoms with Gasteiger partial charge < -0.3 is 9.47 Å². The number of benzene rings is 2. The Bertz CT molecular complexity index is 863. The van der Waals surface area contributed by atoms with Gasteiger partial charge in [0.1, 0.15) is 0 Å². The number of hydrogen-bond acceptors (Lipinski definition) is 4. The highest BCUT2D eigenvalue weighted by Crippen LogP contribution is 2.36. The van der Waals surface area contributed by atoms with Crippen LogP contribution in [0.25, 0.3) is 6.08 Å². The van der Waals surface area contributed by atoms with Crippen LogP contribution in [0, 0.1) is 0 Å². The maximum absolute atomic E-state index is 12.1. The number of aryl methyl sites for hydroxylation is 1. The van der Waals surface area contributed by atoms with Crippen molar-refractivity contribution in [1.82, 2.24) is 10.9 Å². The fraction of sp³-hybridized carbons (Fsp3) is 0.238. The highest BCUT2D eigenvalue weighted by Gasteiger charge is 2.11. The van der Waals surface area contributed by atoms with Crippen LogP contribution in [0.15, 0.2) is 42.5 Å². The van der Waals surface area contributed by atoms with Crippen molar-refractivity contribution in [3.05, 3.63) is 64.2 Å². The van der Waals surface area contributed by atoms with Crippen molar-refractivity contribution < 1.29 is 19.1 Å². The molecule has 0 unspecified atom stereocenters. The summed E-state index contributed by atoms with van der Waals surface area (Å²) in [4.78, 5) is 24.0. The molecular formula is C21H23ClN2O4. The van der Waals surface area contributed by atoms with E-state index in [4.69, 9.17) is 21.1 Å². The molecule has 28 heavy (non-hydrogen) atoms. The van der Waals surface area contributed by atoms with E-state index in [0.717, 1.165) is 12.0 Å². The Morgan fingerprint density at radius 1 is 1.11 bits per heavy atom. The predicted octanol–water partition coefficient (Wildman–Crippen LogP) is 3.78. The quantitative estimate of drug-likeness (QED) is 0.545. The minimum absolute atomic E-state index is 0.373. The summed E-state index contributed by atoms with van der Waals surface area (Å²) in [6.45, 7) is 4.34. The number of carbonyl (C=O) groups excluding carboxylic acids is 2. The molecule has 0 aliphatic heterocycles. The Morgan fingerprint density at radius 2 is 1.82 bits per heavy atom. The number of amides is 2. The smallest absolute Gasteiger partial charge is 0.269 e. The normalized spacial score (nSPS) is 10.6. The van der Waals surface area contributed by atoms with Crippen LogP contribution in [0.2, 0.25) is 5.02 Å². The largest absolute Gasteiger partial charge is 0.491 e. The standard InChI is InChI=1S/C21H23ClN2O4/c1-4-14-6-9-16(10-7-14)21(26)24-23-19(25)11-8-15-12-17(22)20(27-3)18(13-15)28-5-2/h6-13H,4-5H2,1-3H3,(H,23,25)(H,24,26)/b11-8+. The number of rotatable bonds is 7. The SMILES string of the molecule is CCOc1cc(/C=C/C(=O)NNC(=O)c2ccc(CC)cc2)cc(Cl)c1OC. The molecule has 2 N–H and O–H groups in total. The molecule has 0 fully saturated rings. The molecule has 7 heteroatoms. The molecule has 6 nitrogen and oxygen atoms in total. The van der Waals surface area contributed by atoms with E-state index < -0.39 is 11.8 Å². The molecule has 0 spiro atoms. The molecule has 0 bridgehead atoms. The number of methoxy groups -OCH3 is 1. The number of halogens is 1. The van der Waals surface area contributed by atoms with Crippen molar-refractivity contribution in [2.24, 2.45) is 0 Å². The molecule has 0 atom stereocenters. The van der Waals surface area contributed by atoms with Crippen molar-refractivity contribution >= 4 is 29.5 Å². The lowest BCUT2D eigenvalue weighted by Crippen LogP contribution is -2.40. The fourth-order valence-corrected chi connectivity index (χ4v) is 2.74. The van der Waals surface area contributed by atoms with Gasteiger partial charge in [-0.2, -0.15) is 0 Å². The zero-order chi connectivity index (χ0) is 20.5. The van der Waals surface area contributed by atoms with Gasteiger partial charge in [-0.05, 0) is 54.8 Å². The Balaban J connectivity index is 1.98. The van der Waals surface area contributed by atoms with Gasteiger partial charge >= 0.3 is 0 Å². The first-order valence-corrected chi connectivity index (χ1v) is 9.23. The first kappa shape index (κ1) is 21.3. The van der Waals surface area contributed by atoms with Crippen LogP contribution >= 0.6 is 11.6 Å². The van der Waals surface area contributed by atoms with Crippen molar-refractivity contribution in [2.75, 3.05) is 13.7 Å². The van der Waals surface area contributed by atoms with Gasteiger partial charge in [0.25, 0.3) is 11.8 Å². The summed E-state index contributed by atoms with van der Waals surface area (Å²) < 4.78 is 10.7. The number of ether oxygens (including phenoxy) is 2. The van der Waals surface area contributed by atoms with E-state index in [1.807, 2.05) is 26.0 Å². The lowest BCUT2D eigenvalue weighted by atomic mass is 10.1. The molecule has 0 heterocycles. The number of nitrogens with one attached hydrogen (secondary N) is 2.